The molecule has 5 nitrogen and oxygen atoms in total. The van der Waals surface area contributed by atoms with Gasteiger partial charge in [-0.2, -0.15) is 0 Å². The van der Waals surface area contributed by atoms with E-state index in [1.54, 1.807) is 6.20 Å². The van der Waals surface area contributed by atoms with Crippen LogP contribution in [0.1, 0.15) is 23.5 Å². The highest BCUT2D eigenvalue weighted by Crippen LogP contribution is 2.55. The molecule has 2 aromatic carbocycles. The molecular weight excluding hydrogens is 350 g/mol. The molecule has 1 aromatic heterocycles. The average Bonchev–Trinajstić information content (AvgIpc) is 3.45. The minimum Gasteiger partial charge on any atom is -0.489 e. The van der Waals surface area contributed by atoms with E-state index in [2.05, 4.69) is 27.4 Å². The van der Waals surface area contributed by atoms with E-state index in [1.165, 1.54) is 0 Å². The van der Waals surface area contributed by atoms with Gasteiger partial charge in [-0.15, -0.1) is 0 Å². The van der Waals surface area contributed by atoms with Crippen molar-refractivity contribution in [2.75, 3.05) is 11.9 Å². The van der Waals surface area contributed by atoms with E-state index >= 15 is 0 Å². The highest BCUT2D eigenvalue weighted by molar-refractivity contribution is 5.96. The van der Waals surface area contributed by atoms with Crippen LogP contribution >= 0.6 is 0 Å². The SMILES string of the molecule is Cc1ncc(OC[C@@]2(c3ccccc3)C[C@H]2C(=O)Nc2ccccc2)c(C)n1. The van der Waals surface area contributed by atoms with Gasteiger partial charge in [0, 0.05) is 11.1 Å². The van der Waals surface area contributed by atoms with E-state index < -0.39 is 0 Å². The number of nitrogens with one attached hydrogen (secondary N) is 1. The first-order valence-electron chi connectivity index (χ1n) is 9.43. The van der Waals surface area contributed by atoms with Gasteiger partial charge in [0.05, 0.1) is 24.4 Å². The van der Waals surface area contributed by atoms with Gasteiger partial charge in [0.2, 0.25) is 5.91 Å². The molecule has 1 aliphatic carbocycles. The Labute approximate surface area is 164 Å². The van der Waals surface area contributed by atoms with E-state index in [0.717, 1.165) is 23.4 Å². The molecule has 142 valence electrons. The number of hydrogen-bond donors (Lipinski definition) is 1. The highest BCUT2D eigenvalue weighted by atomic mass is 16.5. The van der Waals surface area contributed by atoms with Crippen LogP contribution in [0, 0.1) is 19.8 Å². The van der Waals surface area contributed by atoms with E-state index in [0.29, 0.717) is 18.2 Å². The maximum absolute atomic E-state index is 12.9. The Morgan fingerprint density at radius 1 is 1.11 bits per heavy atom. The summed E-state index contributed by atoms with van der Waals surface area (Å²) in [5.74, 6) is 1.27. The molecule has 1 aliphatic rings. The number of ether oxygens (including phenoxy) is 1. The Morgan fingerprint density at radius 3 is 2.46 bits per heavy atom. The number of anilines is 1. The van der Waals surface area contributed by atoms with Crippen LogP contribution in [-0.4, -0.2) is 22.5 Å². The zero-order valence-corrected chi connectivity index (χ0v) is 16.1. The van der Waals surface area contributed by atoms with Crippen molar-refractivity contribution >= 4 is 11.6 Å². The summed E-state index contributed by atoms with van der Waals surface area (Å²) in [4.78, 5) is 21.5. The maximum atomic E-state index is 12.9. The smallest absolute Gasteiger partial charge is 0.228 e. The first-order valence-corrected chi connectivity index (χ1v) is 9.43. The summed E-state index contributed by atoms with van der Waals surface area (Å²) in [6.45, 7) is 4.18. The predicted octanol–water partition coefficient (Wildman–Crippen LogP) is 4.07. The van der Waals surface area contributed by atoms with E-state index in [4.69, 9.17) is 4.74 Å². The third kappa shape index (κ3) is 3.60. The lowest BCUT2D eigenvalue weighted by Gasteiger charge is -2.19. The number of nitrogens with zero attached hydrogens (tertiary/aromatic N) is 2. The summed E-state index contributed by atoms with van der Waals surface area (Å²) in [6.07, 6.45) is 2.46. The molecule has 1 heterocycles. The van der Waals surface area contributed by atoms with Gasteiger partial charge in [-0.25, -0.2) is 9.97 Å². The Kier molecular flexibility index (Phi) is 4.82. The number of amides is 1. The molecule has 1 amide bonds. The number of hydrogen-bond acceptors (Lipinski definition) is 4. The normalized spacial score (nSPS) is 20.4. The maximum Gasteiger partial charge on any atom is 0.228 e. The van der Waals surface area contributed by atoms with Gasteiger partial charge in [0.1, 0.15) is 5.82 Å². The van der Waals surface area contributed by atoms with Crippen LogP contribution in [0.15, 0.2) is 66.9 Å². The van der Waals surface area contributed by atoms with Crippen molar-refractivity contribution in [1.82, 2.24) is 9.97 Å². The molecule has 28 heavy (non-hydrogen) atoms. The molecule has 1 saturated carbocycles. The van der Waals surface area contributed by atoms with Crippen molar-refractivity contribution in [3.05, 3.63) is 83.9 Å². The van der Waals surface area contributed by atoms with Gasteiger partial charge >= 0.3 is 0 Å². The molecule has 0 unspecified atom stereocenters. The summed E-state index contributed by atoms with van der Waals surface area (Å²) in [5.41, 5.74) is 2.40. The largest absolute Gasteiger partial charge is 0.489 e. The van der Waals surface area contributed by atoms with Crippen LogP contribution in [-0.2, 0) is 10.2 Å². The molecule has 0 radical (unpaired) electrons. The molecule has 1 N–H and O–H groups in total. The number of rotatable bonds is 6. The van der Waals surface area contributed by atoms with Gasteiger partial charge < -0.3 is 10.1 Å². The second kappa shape index (κ2) is 7.43. The van der Waals surface area contributed by atoms with Crippen molar-refractivity contribution in [1.29, 1.82) is 0 Å². The van der Waals surface area contributed by atoms with Gasteiger partial charge in [0.25, 0.3) is 0 Å². The topological polar surface area (TPSA) is 64.1 Å². The molecule has 0 bridgehead atoms. The second-order valence-electron chi connectivity index (χ2n) is 7.29. The van der Waals surface area contributed by atoms with Gasteiger partial charge in [-0.1, -0.05) is 48.5 Å². The fourth-order valence-electron chi connectivity index (χ4n) is 3.65. The minimum absolute atomic E-state index is 0.0236. The molecular formula is C23H23N3O2. The quantitative estimate of drug-likeness (QED) is 0.707. The molecule has 3 aromatic rings. The van der Waals surface area contributed by atoms with E-state index in [-0.39, 0.29) is 17.2 Å². The van der Waals surface area contributed by atoms with Crippen LogP contribution in [0.4, 0.5) is 5.69 Å². The third-order valence-corrected chi connectivity index (χ3v) is 5.32. The Morgan fingerprint density at radius 2 is 1.79 bits per heavy atom. The summed E-state index contributed by atoms with van der Waals surface area (Å²) in [6, 6.07) is 19.7. The fraction of sp³-hybridized carbons (Fsp3) is 0.261. The van der Waals surface area contributed by atoms with Crippen LogP contribution in [0.3, 0.4) is 0 Å². The number of para-hydroxylation sites is 1. The Balaban J connectivity index is 1.54. The summed E-state index contributed by atoms with van der Waals surface area (Å²) in [5, 5.41) is 3.03. The van der Waals surface area contributed by atoms with Crippen molar-refractivity contribution in [2.45, 2.75) is 25.7 Å². The first kappa shape index (κ1) is 18.2. The number of aromatic nitrogens is 2. The molecule has 2 atom stereocenters. The van der Waals surface area contributed by atoms with Crippen molar-refractivity contribution < 1.29 is 9.53 Å². The zero-order chi connectivity index (χ0) is 19.6. The standard InChI is InChI=1S/C23H23N3O2/c1-16-21(14-24-17(2)25-16)28-15-23(18-9-5-3-6-10-18)13-20(23)22(27)26-19-11-7-4-8-12-19/h3-12,14,20H,13,15H2,1-2H3,(H,26,27)/t20-,23+/m0/s1. The van der Waals surface area contributed by atoms with Gasteiger partial charge in [-0.3, -0.25) is 4.79 Å². The van der Waals surface area contributed by atoms with E-state index in [9.17, 15) is 4.79 Å². The summed E-state index contributed by atoms with van der Waals surface area (Å²) in [7, 11) is 0. The Bertz CT molecular complexity index is 976. The zero-order valence-electron chi connectivity index (χ0n) is 16.1. The van der Waals surface area contributed by atoms with E-state index in [1.807, 2.05) is 62.4 Å². The van der Waals surface area contributed by atoms with Gasteiger partial charge in [0.15, 0.2) is 5.75 Å². The predicted molar refractivity (Wildman–Crippen MR) is 108 cm³/mol. The van der Waals surface area contributed by atoms with Crippen molar-refractivity contribution in [2.24, 2.45) is 5.92 Å². The lowest BCUT2D eigenvalue weighted by atomic mass is 9.93. The molecule has 0 saturated heterocycles. The van der Waals surface area contributed by atoms with Crippen LogP contribution in [0.25, 0.3) is 0 Å². The molecule has 4 rings (SSSR count). The van der Waals surface area contributed by atoms with Crippen molar-refractivity contribution in [3.63, 3.8) is 0 Å². The number of aryl methyl sites for hydroxylation is 2. The Hall–Kier alpha value is -3.21. The summed E-state index contributed by atoms with van der Waals surface area (Å²) >= 11 is 0. The summed E-state index contributed by atoms with van der Waals surface area (Å²) < 4.78 is 6.10. The minimum atomic E-state index is -0.336. The third-order valence-electron chi connectivity index (χ3n) is 5.32. The van der Waals surface area contributed by atoms with Crippen LogP contribution < -0.4 is 10.1 Å². The van der Waals surface area contributed by atoms with Crippen LogP contribution in [0.5, 0.6) is 5.75 Å². The second-order valence-corrected chi connectivity index (χ2v) is 7.29. The molecule has 0 aliphatic heterocycles. The monoisotopic (exact) mass is 373 g/mol. The highest BCUT2D eigenvalue weighted by Gasteiger charge is 2.60. The fourth-order valence-corrected chi connectivity index (χ4v) is 3.65. The number of benzene rings is 2. The number of carbonyl (C=O) groups is 1. The average molecular weight is 373 g/mol. The van der Waals surface area contributed by atoms with Crippen LogP contribution in [0.2, 0.25) is 0 Å². The van der Waals surface area contributed by atoms with Gasteiger partial charge in [-0.05, 0) is 38.0 Å². The molecule has 5 heteroatoms. The lowest BCUT2D eigenvalue weighted by molar-refractivity contribution is -0.117. The molecule has 0 spiro atoms. The molecule has 1 fully saturated rings. The van der Waals surface area contributed by atoms with Crippen molar-refractivity contribution in [3.8, 4) is 5.75 Å². The first-order chi connectivity index (χ1) is 13.6. The number of carbonyl (C=O) groups excluding carboxylic acids is 1. The lowest BCUT2D eigenvalue weighted by Crippen LogP contribution is -2.26.